The molecule has 0 heterocycles. The lowest BCUT2D eigenvalue weighted by molar-refractivity contribution is 0.418. The Hall–Kier alpha value is -0.260. The van der Waals surface area contributed by atoms with E-state index in [4.69, 9.17) is 0 Å². The largest absolute Gasteiger partial charge is 0.0917 e. The monoisotopic (exact) mass is 196 g/mol. The first-order valence-corrected chi connectivity index (χ1v) is 6.46. The van der Waals surface area contributed by atoms with E-state index in [9.17, 15) is 0 Å². The van der Waals surface area contributed by atoms with Crippen molar-refractivity contribution in [2.45, 2.75) is 72.1 Å². The second-order valence-electron chi connectivity index (χ2n) is 4.31. The third kappa shape index (κ3) is 8.34. The molecule has 0 radical (unpaired) electrons. The fourth-order valence-corrected chi connectivity index (χ4v) is 1.88. The molecular formula is C14H28. The number of hydrogen-bond acceptors (Lipinski definition) is 0. The molecule has 0 fully saturated rings. The maximum absolute atomic E-state index is 2.34. The maximum atomic E-state index is 2.34. The smallest absolute Gasteiger partial charge is 0.0322 e. The van der Waals surface area contributed by atoms with Crippen LogP contribution in [0.25, 0.3) is 0 Å². The van der Waals surface area contributed by atoms with Crippen LogP contribution in [0.1, 0.15) is 72.1 Å². The van der Waals surface area contributed by atoms with Crippen molar-refractivity contribution in [3.8, 4) is 0 Å². The van der Waals surface area contributed by atoms with Gasteiger partial charge in [0.2, 0.25) is 0 Å². The van der Waals surface area contributed by atoms with E-state index in [-0.39, 0.29) is 0 Å². The van der Waals surface area contributed by atoms with E-state index >= 15 is 0 Å². The van der Waals surface area contributed by atoms with Crippen molar-refractivity contribution in [3.63, 3.8) is 0 Å². The van der Waals surface area contributed by atoms with Crippen LogP contribution in [0.5, 0.6) is 0 Å². The molecule has 0 aliphatic rings. The first-order chi connectivity index (χ1) is 6.85. The van der Waals surface area contributed by atoms with Gasteiger partial charge in [0.05, 0.1) is 0 Å². The van der Waals surface area contributed by atoms with Crippen LogP contribution < -0.4 is 0 Å². The number of hydrogen-bond donors (Lipinski definition) is 0. The van der Waals surface area contributed by atoms with Gasteiger partial charge in [-0.05, 0) is 19.3 Å². The molecule has 0 rings (SSSR count). The molecule has 0 aromatic carbocycles. The minimum Gasteiger partial charge on any atom is -0.0917 e. The molecule has 0 aromatic heterocycles. The van der Waals surface area contributed by atoms with Crippen LogP contribution in [0.2, 0.25) is 0 Å². The highest BCUT2D eigenvalue weighted by atomic mass is 14.1. The zero-order valence-electron chi connectivity index (χ0n) is 10.4. The molecule has 0 bridgehead atoms. The van der Waals surface area contributed by atoms with Gasteiger partial charge in [-0.3, -0.25) is 0 Å². The zero-order valence-corrected chi connectivity index (χ0v) is 10.4. The van der Waals surface area contributed by atoms with Gasteiger partial charge in [-0.25, -0.2) is 0 Å². The van der Waals surface area contributed by atoms with Crippen LogP contribution in [-0.4, -0.2) is 0 Å². The molecule has 14 heavy (non-hydrogen) atoms. The topological polar surface area (TPSA) is 0 Å². The fourth-order valence-electron chi connectivity index (χ4n) is 1.88. The normalized spacial score (nSPS) is 13.6. The predicted molar refractivity (Wildman–Crippen MR) is 66.6 cm³/mol. The Morgan fingerprint density at radius 3 is 2.14 bits per heavy atom. The Labute approximate surface area is 90.8 Å². The molecule has 0 spiro atoms. The lowest BCUT2D eigenvalue weighted by atomic mass is 9.92. The van der Waals surface area contributed by atoms with Gasteiger partial charge >= 0.3 is 0 Å². The molecule has 0 amide bonds. The van der Waals surface area contributed by atoms with Gasteiger partial charge in [-0.1, -0.05) is 70.9 Å². The van der Waals surface area contributed by atoms with Crippen LogP contribution in [0.15, 0.2) is 12.2 Å². The highest BCUT2D eigenvalue weighted by molar-refractivity contribution is 4.80. The summed E-state index contributed by atoms with van der Waals surface area (Å²) in [4.78, 5) is 0. The Morgan fingerprint density at radius 2 is 1.57 bits per heavy atom. The van der Waals surface area contributed by atoms with Gasteiger partial charge in [-0.15, -0.1) is 0 Å². The Bertz CT molecular complexity index is 124. The van der Waals surface area contributed by atoms with Gasteiger partial charge in [0.1, 0.15) is 0 Å². The van der Waals surface area contributed by atoms with Crippen molar-refractivity contribution in [1.82, 2.24) is 0 Å². The van der Waals surface area contributed by atoms with E-state index in [1.165, 1.54) is 51.4 Å². The molecule has 0 saturated carbocycles. The van der Waals surface area contributed by atoms with Crippen molar-refractivity contribution in [1.29, 1.82) is 0 Å². The molecule has 84 valence electrons. The van der Waals surface area contributed by atoms with Gasteiger partial charge in [0.15, 0.2) is 0 Å². The number of allylic oxidation sites excluding steroid dienone is 2. The maximum Gasteiger partial charge on any atom is -0.0322 e. The lowest BCUT2D eigenvalue weighted by Crippen LogP contribution is -1.99. The molecule has 0 saturated heterocycles. The molecule has 0 aromatic rings. The van der Waals surface area contributed by atoms with Crippen molar-refractivity contribution in [2.24, 2.45) is 5.92 Å². The summed E-state index contributed by atoms with van der Waals surface area (Å²) >= 11 is 0. The summed E-state index contributed by atoms with van der Waals surface area (Å²) in [5.41, 5.74) is 0. The minimum absolute atomic E-state index is 0.956. The third-order valence-corrected chi connectivity index (χ3v) is 2.89. The zero-order chi connectivity index (χ0) is 10.6. The van der Waals surface area contributed by atoms with Crippen LogP contribution >= 0.6 is 0 Å². The summed E-state index contributed by atoms with van der Waals surface area (Å²) in [6, 6.07) is 0. The van der Waals surface area contributed by atoms with E-state index in [0.29, 0.717) is 0 Å². The standard InChI is InChI=1S/C14H28/c1-4-7-10-13-14(11-8-5-2)12-9-6-3/h5,8,14H,4,6-7,9-13H2,1-3H3. The number of rotatable bonds is 9. The summed E-state index contributed by atoms with van der Waals surface area (Å²) in [6.45, 7) is 6.70. The highest BCUT2D eigenvalue weighted by Gasteiger charge is 2.05. The minimum atomic E-state index is 0.956. The van der Waals surface area contributed by atoms with Crippen molar-refractivity contribution < 1.29 is 0 Å². The fraction of sp³-hybridized carbons (Fsp3) is 0.857. The van der Waals surface area contributed by atoms with E-state index in [2.05, 4.69) is 32.9 Å². The molecule has 1 unspecified atom stereocenters. The summed E-state index contributed by atoms with van der Waals surface area (Å²) in [6.07, 6.45) is 15.7. The molecule has 0 nitrogen and oxygen atoms in total. The first kappa shape index (κ1) is 13.7. The average molecular weight is 196 g/mol. The summed E-state index contributed by atoms with van der Waals surface area (Å²) in [7, 11) is 0. The second kappa shape index (κ2) is 10.8. The highest BCUT2D eigenvalue weighted by Crippen LogP contribution is 2.20. The van der Waals surface area contributed by atoms with E-state index in [0.717, 1.165) is 5.92 Å². The lowest BCUT2D eigenvalue weighted by Gasteiger charge is -2.14. The third-order valence-electron chi connectivity index (χ3n) is 2.89. The first-order valence-electron chi connectivity index (χ1n) is 6.46. The average Bonchev–Trinajstić information content (AvgIpc) is 2.21. The summed E-state index contributed by atoms with van der Waals surface area (Å²) in [5, 5.41) is 0. The molecule has 1 atom stereocenters. The van der Waals surface area contributed by atoms with Crippen LogP contribution in [0.4, 0.5) is 0 Å². The van der Waals surface area contributed by atoms with Crippen LogP contribution in [0.3, 0.4) is 0 Å². The van der Waals surface area contributed by atoms with Gasteiger partial charge in [0.25, 0.3) is 0 Å². The molecule has 0 aliphatic carbocycles. The van der Waals surface area contributed by atoms with Gasteiger partial charge < -0.3 is 0 Å². The van der Waals surface area contributed by atoms with E-state index < -0.39 is 0 Å². The molecule has 0 heteroatoms. The van der Waals surface area contributed by atoms with Crippen molar-refractivity contribution in [2.75, 3.05) is 0 Å². The van der Waals surface area contributed by atoms with E-state index in [1.807, 2.05) is 0 Å². The SMILES string of the molecule is CC=CCC(CCCC)CCCCC. The predicted octanol–water partition coefficient (Wildman–Crippen LogP) is 5.34. The summed E-state index contributed by atoms with van der Waals surface area (Å²) in [5.74, 6) is 0.956. The molecular weight excluding hydrogens is 168 g/mol. The number of unbranched alkanes of at least 4 members (excludes halogenated alkanes) is 3. The Balaban J connectivity index is 3.60. The quantitative estimate of drug-likeness (QED) is 0.345. The van der Waals surface area contributed by atoms with Crippen molar-refractivity contribution in [3.05, 3.63) is 12.2 Å². The van der Waals surface area contributed by atoms with Crippen LogP contribution in [-0.2, 0) is 0 Å². The van der Waals surface area contributed by atoms with Gasteiger partial charge in [0, 0.05) is 0 Å². The Kier molecular flexibility index (Phi) is 10.6. The molecule has 0 N–H and O–H groups in total. The molecule has 0 aliphatic heterocycles. The van der Waals surface area contributed by atoms with E-state index in [1.54, 1.807) is 0 Å². The van der Waals surface area contributed by atoms with Crippen LogP contribution in [0, 0.1) is 5.92 Å². The van der Waals surface area contributed by atoms with Gasteiger partial charge in [-0.2, -0.15) is 0 Å². The summed E-state index contributed by atoms with van der Waals surface area (Å²) < 4.78 is 0. The Morgan fingerprint density at radius 1 is 0.929 bits per heavy atom. The van der Waals surface area contributed by atoms with Crippen molar-refractivity contribution >= 4 is 0 Å². The second-order valence-corrected chi connectivity index (χ2v) is 4.31.